The Kier molecular flexibility index (Phi) is 4.46. The largest absolute Gasteiger partial charge is 0.486 e. The number of likely N-dealkylation sites (tertiary alicyclic amines) is 1. The number of hydrogen-bond acceptors (Lipinski definition) is 4. The number of fused-ring (bicyclic) bond motifs is 1. The van der Waals surface area contributed by atoms with Crippen molar-refractivity contribution in [2.45, 2.75) is 25.8 Å². The number of hydrogen-bond donors (Lipinski definition) is 0. The summed E-state index contributed by atoms with van der Waals surface area (Å²) >= 11 is 0. The van der Waals surface area contributed by atoms with Crippen molar-refractivity contribution in [2.75, 3.05) is 19.8 Å². The summed E-state index contributed by atoms with van der Waals surface area (Å²) in [5, 5.41) is 4.32. The molecule has 1 fully saturated rings. The van der Waals surface area contributed by atoms with Gasteiger partial charge >= 0.3 is 0 Å². The van der Waals surface area contributed by atoms with E-state index in [0.29, 0.717) is 18.8 Å². The minimum atomic E-state index is 0.0607. The SMILES string of the molecule is Cc1cnn(-c2ccc(C(=O)N3CCCC3c3ccc4c(c3)OCCO4)cc2)c1. The molecule has 0 aliphatic carbocycles. The Morgan fingerprint density at radius 2 is 1.86 bits per heavy atom. The van der Waals surface area contributed by atoms with Gasteiger partial charge in [-0.05, 0) is 67.3 Å². The zero-order valence-corrected chi connectivity index (χ0v) is 16.4. The van der Waals surface area contributed by atoms with Gasteiger partial charge in [-0.25, -0.2) is 4.68 Å². The van der Waals surface area contributed by atoms with Gasteiger partial charge in [0.2, 0.25) is 0 Å². The maximum absolute atomic E-state index is 13.2. The standard InChI is InChI=1S/C23H23N3O3/c1-16-14-24-26(15-16)19-7-4-17(5-8-19)23(27)25-10-2-3-20(25)18-6-9-21-22(13-18)29-12-11-28-21/h4-9,13-15,20H,2-3,10-12H2,1H3. The molecule has 0 bridgehead atoms. The van der Waals surface area contributed by atoms with Gasteiger partial charge in [0.25, 0.3) is 5.91 Å². The summed E-state index contributed by atoms with van der Waals surface area (Å²) in [5.74, 6) is 1.61. The van der Waals surface area contributed by atoms with Crippen molar-refractivity contribution in [1.29, 1.82) is 0 Å². The van der Waals surface area contributed by atoms with Gasteiger partial charge in [0, 0.05) is 18.3 Å². The van der Waals surface area contributed by atoms with Crippen LogP contribution in [-0.4, -0.2) is 40.3 Å². The van der Waals surface area contributed by atoms with Gasteiger partial charge < -0.3 is 14.4 Å². The van der Waals surface area contributed by atoms with E-state index in [1.807, 2.05) is 71.4 Å². The second-order valence-corrected chi connectivity index (χ2v) is 7.57. The smallest absolute Gasteiger partial charge is 0.254 e. The highest BCUT2D eigenvalue weighted by molar-refractivity contribution is 5.94. The number of carbonyl (C=O) groups is 1. The van der Waals surface area contributed by atoms with Crippen LogP contribution in [0, 0.1) is 6.92 Å². The number of rotatable bonds is 3. The zero-order chi connectivity index (χ0) is 19.8. The summed E-state index contributed by atoms with van der Waals surface area (Å²) in [4.78, 5) is 15.2. The average Bonchev–Trinajstić information content (AvgIpc) is 3.42. The fourth-order valence-electron chi connectivity index (χ4n) is 4.10. The van der Waals surface area contributed by atoms with Crippen LogP contribution in [0.2, 0.25) is 0 Å². The van der Waals surface area contributed by atoms with Crippen LogP contribution < -0.4 is 9.47 Å². The highest BCUT2D eigenvalue weighted by atomic mass is 16.6. The average molecular weight is 389 g/mol. The molecular formula is C23H23N3O3. The molecule has 0 N–H and O–H groups in total. The molecule has 1 unspecified atom stereocenters. The fourth-order valence-corrected chi connectivity index (χ4v) is 4.10. The van der Waals surface area contributed by atoms with E-state index >= 15 is 0 Å². The molecule has 5 rings (SSSR count). The minimum absolute atomic E-state index is 0.0607. The number of nitrogens with zero attached hydrogens (tertiary/aromatic N) is 3. The summed E-state index contributed by atoms with van der Waals surface area (Å²) in [6.45, 7) is 3.91. The molecule has 3 heterocycles. The molecule has 0 saturated carbocycles. The Balaban J connectivity index is 1.37. The lowest BCUT2D eigenvalue weighted by Crippen LogP contribution is -2.30. The van der Waals surface area contributed by atoms with E-state index in [2.05, 4.69) is 5.10 Å². The first-order valence-electron chi connectivity index (χ1n) is 10.0. The first kappa shape index (κ1) is 17.8. The molecule has 6 heteroatoms. The number of aryl methyl sites for hydroxylation is 1. The molecule has 0 radical (unpaired) electrons. The van der Waals surface area contributed by atoms with Crippen LogP contribution in [-0.2, 0) is 0 Å². The van der Waals surface area contributed by atoms with Crippen LogP contribution in [0.25, 0.3) is 5.69 Å². The summed E-state index contributed by atoms with van der Waals surface area (Å²) < 4.78 is 13.2. The van der Waals surface area contributed by atoms with E-state index in [-0.39, 0.29) is 11.9 Å². The Morgan fingerprint density at radius 1 is 1.07 bits per heavy atom. The molecule has 29 heavy (non-hydrogen) atoms. The van der Waals surface area contributed by atoms with Crippen molar-refractivity contribution >= 4 is 5.91 Å². The number of amides is 1. The second-order valence-electron chi connectivity index (χ2n) is 7.57. The molecule has 0 spiro atoms. The second kappa shape index (κ2) is 7.28. The first-order valence-corrected chi connectivity index (χ1v) is 10.0. The van der Waals surface area contributed by atoms with Crippen LogP contribution in [0.1, 0.15) is 40.4 Å². The van der Waals surface area contributed by atoms with Crippen molar-refractivity contribution in [3.8, 4) is 17.2 Å². The normalized spacial score (nSPS) is 18.1. The Hall–Kier alpha value is -3.28. The van der Waals surface area contributed by atoms with E-state index in [0.717, 1.165) is 47.7 Å². The van der Waals surface area contributed by atoms with Crippen LogP contribution in [0.3, 0.4) is 0 Å². The molecule has 1 aromatic heterocycles. The number of carbonyl (C=O) groups excluding carboxylic acids is 1. The molecule has 1 atom stereocenters. The van der Waals surface area contributed by atoms with Gasteiger partial charge in [0.1, 0.15) is 13.2 Å². The van der Waals surface area contributed by atoms with Gasteiger partial charge in [0.05, 0.1) is 17.9 Å². The number of benzene rings is 2. The van der Waals surface area contributed by atoms with E-state index < -0.39 is 0 Å². The molecule has 2 aromatic carbocycles. The topological polar surface area (TPSA) is 56.6 Å². The molecule has 2 aliphatic heterocycles. The van der Waals surface area contributed by atoms with Crippen molar-refractivity contribution < 1.29 is 14.3 Å². The predicted molar refractivity (Wildman–Crippen MR) is 109 cm³/mol. The highest BCUT2D eigenvalue weighted by Crippen LogP contribution is 2.38. The summed E-state index contributed by atoms with van der Waals surface area (Å²) in [6.07, 6.45) is 5.74. The van der Waals surface area contributed by atoms with Gasteiger partial charge in [0.15, 0.2) is 11.5 Å². The predicted octanol–water partition coefficient (Wildman–Crippen LogP) is 3.93. The van der Waals surface area contributed by atoms with E-state index in [9.17, 15) is 4.79 Å². The van der Waals surface area contributed by atoms with Crippen molar-refractivity contribution in [2.24, 2.45) is 0 Å². The highest BCUT2D eigenvalue weighted by Gasteiger charge is 2.31. The lowest BCUT2D eigenvalue weighted by molar-refractivity contribution is 0.0735. The van der Waals surface area contributed by atoms with Gasteiger partial charge in [-0.3, -0.25) is 4.79 Å². The third-order valence-electron chi connectivity index (χ3n) is 5.56. The fraction of sp³-hybridized carbons (Fsp3) is 0.304. The maximum Gasteiger partial charge on any atom is 0.254 e. The van der Waals surface area contributed by atoms with Crippen molar-refractivity contribution in [3.63, 3.8) is 0 Å². The lowest BCUT2D eigenvalue weighted by atomic mass is 10.0. The van der Waals surface area contributed by atoms with Gasteiger partial charge in [-0.15, -0.1) is 0 Å². The number of ether oxygens (including phenoxy) is 2. The van der Waals surface area contributed by atoms with Crippen LogP contribution in [0.4, 0.5) is 0 Å². The quantitative estimate of drug-likeness (QED) is 0.681. The zero-order valence-electron chi connectivity index (χ0n) is 16.4. The Labute approximate surface area is 169 Å². The van der Waals surface area contributed by atoms with E-state index in [1.165, 1.54) is 0 Å². The monoisotopic (exact) mass is 389 g/mol. The van der Waals surface area contributed by atoms with Crippen LogP contribution >= 0.6 is 0 Å². The summed E-state index contributed by atoms with van der Waals surface area (Å²) in [6, 6.07) is 13.7. The van der Waals surface area contributed by atoms with Gasteiger partial charge in [-0.2, -0.15) is 5.10 Å². The number of aromatic nitrogens is 2. The van der Waals surface area contributed by atoms with Crippen LogP contribution in [0.15, 0.2) is 54.9 Å². The third kappa shape index (κ3) is 3.35. The minimum Gasteiger partial charge on any atom is -0.486 e. The molecule has 1 saturated heterocycles. The van der Waals surface area contributed by atoms with Gasteiger partial charge in [-0.1, -0.05) is 6.07 Å². The molecule has 1 amide bonds. The molecule has 2 aliphatic rings. The lowest BCUT2D eigenvalue weighted by Gasteiger charge is -2.27. The summed E-state index contributed by atoms with van der Waals surface area (Å²) in [7, 11) is 0. The van der Waals surface area contributed by atoms with Crippen molar-refractivity contribution in [3.05, 3.63) is 71.5 Å². The molecular weight excluding hydrogens is 366 g/mol. The van der Waals surface area contributed by atoms with Crippen LogP contribution in [0.5, 0.6) is 11.5 Å². The maximum atomic E-state index is 13.2. The van der Waals surface area contributed by atoms with Crippen molar-refractivity contribution in [1.82, 2.24) is 14.7 Å². The Morgan fingerprint density at radius 3 is 2.62 bits per heavy atom. The summed E-state index contributed by atoms with van der Waals surface area (Å²) in [5.41, 5.74) is 3.84. The van der Waals surface area contributed by atoms with E-state index in [1.54, 1.807) is 0 Å². The van der Waals surface area contributed by atoms with E-state index in [4.69, 9.17) is 9.47 Å². The first-order chi connectivity index (χ1) is 14.2. The Bertz CT molecular complexity index is 1040. The molecule has 6 nitrogen and oxygen atoms in total. The molecule has 148 valence electrons. The molecule has 3 aromatic rings. The third-order valence-corrected chi connectivity index (χ3v) is 5.56.